The van der Waals surface area contributed by atoms with Crippen LogP contribution in [0.1, 0.15) is 15.9 Å². The minimum atomic E-state index is -4.47. The summed E-state index contributed by atoms with van der Waals surface area (Å²) in [6, 6.07) is 12.3. The van der Waals surface area contributed by atoms with Gasteiger partial charge in [-0.3, -0.25) is 9.59 Å². The highest BCUT2D eigenvalue weighted by atomic mass is 19.4. The van der Waals surface area contributed by atoms with E-state index in [9.17, 15) is 22.8 Å². The largest absolute Gasteiger partial charge is 0.416 e. The van der Waals surface area contributed by atoms with Crippen LogP contribution in [0.25, 0.3) is 10.9 Å². The second-order valence-corrected chi connectivity index (χ2v) is 5.13. The molecule has 1 aromatic heterocycles. The van der Waals surface area contributed by atoms with Crippen molar-refractivity contribution >= 4 is 22.5 Å². The SMILES string of the molecule is O=C(Nc1cc2ccccc2[nH]c1=O)c1ccc(C(F)(F)F)cc1. The van der Waals surface area contributed by atoms with Gasteiger partial charge in [0.05, 0.1) is 5.56 Å². The maximum absolute atomic E-state index is 12.5. The number of pyridine rings is 1. The number of hydrogen-bond acceptors (Lipinski definition) is 2. The standard InChI is InChI=1S/C17H11F3N2O2/c18-17(19,20)12-7-5-10(6-8-12)15(23)22-14-9-11-3-1-2-4-13(11)21-16(14)24/h1-9H,(H,21,24)(H,22,23). The Morgan fingerprint density at radius 1 is 1.00 bits per heavy atom. The zero-order valence-corrected chi connectivity index (χ0v) is 12.1. The molecule has 2 N–H and O–H groups in total. The van der Waals surface area contributed by atoms with Crippen molar-refractivity contribution in [2.24, 2.45) is 0 Å². The summed E-state index contributed by atoms with van der Waals surface area (Å²) >= 11 is 0. The average molecular weight is 332 g/mol. The molecule has 0 aliphatic rings. The zero-order valence-electron chi connectivity index (χ0n) is 12.1. The highest BCUT2D eigenvalue weighted by Gasteiger charge is 2.30. The lowest BCUT2D eigenvalue weighted by Gasteiger charge is -2.08. The third-order valence-corrected chi connectivity index (χ3v) is 3.48. The van der Waals surface area contributed by atoms with Crippen molar-refractivity contribution in [3.63, 3.8) is 0 Å². The van der Waals surface area contributed by atoms with Gasteiger partial charge in [-0.25, -0.2) is 0 Å². The number of H-pyrrole nitrogens is 1. The molecule has 3 aromatic rings. The Bertz CT molecular complexity index is 960. The third-order valence-electron chi connectivity index (χ3n) is 3.48. The highest BCUT2D eigenvalue weighted by molar-refractivity contribution is 6.04. The van der Waals surface area contributed by atoms with Gasteiger partial charge in [-0.1, -0.05) is 18.2 Å². The molecule has 0 fully saturated rings. The van der Waals surface area contributed by atoms with E-state index in [1.54, 1.807) is 24.3 Å². The molecule has 0 unspecified atom stereocenters. The fourth-order valence-corrected chi connectivity index (χ4v) is 2.25. The number of alkyl halides is 3. The predicted octanol–water partition coefficient (Wildman–Crippen LogP) is 3.80. The van der Waals surface area contributed by atoms with Gasteiger partial charge in [0.2, 0.25) is 0 Å². The minimum absolute atomic E-state index is 0.0237. The molecule has 0 atom stereocenters. The molecule has 0 aliphatic carbocycles. The topological polar surface area (TPSA) is 62.0 Å². The van der Waals surface area contributed by atoms with Gasteiger partial charge in [0, 0.05) is 16.5 Å². The number of halogens is 3. The van der Waals surface area contributed by atoms with Crippen LogP contribution in [0.5, 0.6) is 0 Å². The maximum atomic E-state index is 12.5. The van der Waals surface area contributed by atoms with E-state index in [0.29, 0.717) is 5.52 Å². The van der Waals surface area contributed by atoms with Gasteiger partial charge >= 0.3 is 6.18 Å². The first kappa shape index (κ1) is 15.8. The van der Waals surface area contributed by atoms with E-state index >= 15 is 0 Å². The Kier molecular flexibility index (Phi) is 3.84. The summed E-state index contributed by atoms with van der Waals surface area (Å²) in [5, 5.41) is 3.13. The number of rotatable bonds is 2. The number of anilines is 1. The normalized spacial score (nSPS) is 11.5. The van der Waals surface area contributed by atoms with Crippen LogP contribution in [0.15, 0.2) is 59.4 Å². The number of hydrogen-bond donors (Lipinski definition) is 2. The van der Waals surface area contributed by atoms with Crippen LogP contribution in [0, 0.1) is 0 Å². The molecule has 0 radical (unpaired) electrons. The van der Waals surface area contributed by atoms with Gasteiger partial charge in [-0.05, 0) is 36.4 Å². The number of fused-ring (bicyclic) bond motifs is 1. The van der Waals surface area contributed by atoms with Crippen LogP contribution in [-0.4, -0.2) is 10.9 Å². The first-order chi connectivity index (χ1) is 11.3. The number of para-hydroxylation sites is 1. The quantitative estimate of drug-likeness (QED) is 0.750. The van der Waals surface area contributed by atoms with Crippen LogP contribution >= 0.6 is 0 Å². The smallest absolute Gasteiger partial charge is 0.320 e. The molecule has 0 bridgehead atoms. The van der Waals surface area contributed by atoms with E-state index in [4.69, 9.17) is 0 Å². The van der Waals surface area contributed by atoms with Crippen molar-refractivity contribution in [2.75, 3.05) is 5.32 Å². The molecule has 7 heteroatoms. The lowest BCUT2D eigenvalue weighted by atomic mass is 10.1. The van der Waals surface area contributed by atoms with Gasteiger partial charge in [0.1, 0.15) is 5.69 Å². The number of amides is 1. The van der Waals surface area contributed by atoms with Crippen LogP contribution in [-0.2, 0) is 6.18 Å². The van der Waals surface area contributed by atoms with Crippen LogP contribution in [0.4, 0.5) is 18.9 Å². The van der Waals surface area contributed by atoms with E-state index in [1.807, 2.05) is 0 Å². The van der Waals surface area contributed by atoms with Crippen molar-refractivity contribution in [1.29, 1.82) is 0 Å². The van der Waals surface area contributed by atoms with Crippen molar-refractivity contribution in [2.45, 2.75) is 6.18 Å². The molecule has 1 amide bonds. The molecule has 2 aromatic carbocycles. The van der Waals surface area contributed by atoms with Crippen molar-refractivity contribution < 1.29 is 18.0 Å². The highest BCUT2D eigenvalue weighted by Crippen LogP contribution is 2.29. The fourth-order valence-electron chi connectivity index (χ4n) is 2.25. The number of carbonyl (C=O) groups excluding carboxylic acids is 1. The van der Waals surface area contributed by atoms with Gasteiger partial charge in [0.25, 0.3) is 11.5 Å². The van der Waals surface area contributed by atoms with E-state index in [0.717, 1.165) is 29.7 Å². The Morgan fingerprint density at radius 2 is 1.67 bits per heavy atom. The lowest BCUT2D eigenvalue weighted by Crippen LogP contribution is -2.20. The molecule has 1 heterocycles. The van der Waals surface area contributed by atoms with Crippen molar-refractivity contribution in [1.82, 2.24) is 4.98 Å². The summed E-state index contributed by atoms with van der Waals surface area (Å²) in [6.07, 6.45) is -4.47. The lowest BCUT2D eigenvalue weighted by molar-refractivity contribution is -0.137. The van der Waals surface area contributed by atoms with Gasteiger partial charge in [-0.15, -0.1) is 0 Å². The van der Waals surface area contributed by atoms with Gasteiger partial charge < -0.3 is 10.3 Å². The monoisotopic (exact) mass is 332 g/mol. The van der Waals surface area contributed by atoms with E-state index in [-0.39, 0.29) is 11.3 Å². The van der Waals surface area contributed by atoms with E-state index < -0.39 is 23.2 Å². The van der Waals surface area contributed by atoms with Crippen LogP contribution in [0.2, 0.25) is 0 Å². The van der Waals surface area contributed by atoms with Crippen molar-refractivity contribution in [3.8, 4) is 0 Å². The summed E-state index contributed by atoms with van der Waals surface area (Å²) in [5.41, 5.74) is -0.666. The first-order valence-corrected chi connectivity index (χ1v) is 6.95. The number of carbonyl (C=O) groups is 1. The molecule has 0 aliphatic heterocycles. The molecule has 122 valence electrons. The molecule has 3 rings (SSSR count). The zero-order chi connectivity index (χ0) is 17.3. The van der Waals surface area contributed by atoms with Crippen LogP contribution < -0.4 is 10.9 Å². The van der Waals surface area contributed by atoms with Gasteiger partial charge in [-0.2, -0.15) is 13.2 Å². The molecule has 0 saturated heterocycles. The Labute approximate surface area is 133 Å². The molecular formula is C17H11F3N2O2. The summed E-state index contributed by atoms with van der Waals surface area (Å²) < 4.78 is 37.6. The molecular weight excluding hydrogens is 321 g/mol. The summed E-state index contributed by atoms with van der Waals surface area (Å²) in [7, 11) is 0. The second kappa shape index (κ2) is 5.84. The first-order valence-electron chi connectivity index (χ1n) is 6.95. The third kappa shape index (κ3) is 3.15. The summed E-state index contributed by atoms with van der Waals surface area (Å²) in [4.78, 5) is 26.7. The molecule has 24 heavy (non-hydrogen) atoms. The minimum Gasteiger partial charge on any atom is -0.320 e. The number of nitrogens with one attached hydrogen (secondary N) is 2. The molecule has 4 nitrogen and oxygen atoms in total. The molecule has 0 spiro atoms. The summed E-state index contributed by atoms with van der Waals surface area (Å²) in [5.74, 6) is -0.662. The summed E-state index contributed by atoms with van der Waals surface area (Å²) in [6.45, 7) is 0. The Morgan fingerprint density at radius 3 is 2.33 bits per heavy atom. The maximum Gasteiger partial charge on any atom is 0.416 e. The van der Waals surface area contributed by atoms with Crippen LogP contribution in [0.3, 0.4) is 0 Å². The average Bonchev–Trinajstić information content (AvgIpc) is 2.55. The fraction of sp³-hybridized carbons (Fsp3) is 0.0588. The predicted molar refractivity (Wildman–Crippen MR) is 84.0 cm³/mol. The Balaban J connectivity index is 1.87. The number of aromatic amines is 1. The Hall–Kier alpha value is -3.09. The molecule has 0 saturated carbocycles. The van der Waals surface area contributed by atoms with Gasteiger partial charge in [0.15, 0.2) is 0 Å². The number of benzene rings is 2. The number of aromatic nitrogens is 1. The van der Waals surface area contributed by atoms with E-state index in [2.05, 4.69) is 10.3 Å². The second-order valence-electron chi connectivity index (χ2n) is 5.13. The van der Waals surface area contributed by atoms with Crippen molar-refractivity contribution in [3.05, 3.63) is 76.1 Å². The van der Waals surface area contributed by atoms with E-state index in [1.165, 1.54) is 6.07 Å².